The Balaban J connectivity index is 1.81. The predicted molar refractivity (Wildman–Crippen MR) is 83.6 cm³/mol. The number of carbonyl (C=O) groups excluding carboxylic acids is 1. The maximum absolute atomic E-state index is 12.6. The van der Waals surface area contributed by atoms with Crippen molar-refractivity contribution in [1.82, 2.24) is 4.90 Å². The lowest BCUT2D eigenvalue weighted by atomic mass is 10.1. The number of hydrogen-bond acceptors (Lipinski definition) is 4. The van der Waals surface area contributed by atoms with Gasteiger partial charge in [-0.15, -0.1) is 0 Å². The molecule has 2 aromatic rings. The van der Waals surface area contributed by atoms with Crippen molar-refractivity contribution in [2.45, 2.75) is 26.4 Å². The first-order valence-corrected chi connectivity index (χ1v) is 7.57. The lowest BCUT2D eigenvalue weighted by Gasteiger charge is -2.31. The first kappa shape index (κ1) is 15.6. The highest BCUT2D eigenvalue weighted by Gasteiger charge is 2.28. The summed E-state index contributed by atoms with van der Waals surface area (Å²) in [5.41, 5.74) is 2.94. The van der Waals surface area contributed by atoms with Crippen LogP contribution in [0.3, 0.4) is 0 Å². The van der Waals surface area contributed by atoms with Crippen LogP contribution >= 0.6 is 0 Å². The van der Waals surface area contributed by atoms with Gasteiger partial charge in [-0.1, -0.05) is 0 Å². The number of carboxylic acid groups (broad SMARTS) is 1. The number of aliphatic carboxylic acids is 1. The third kappa shape index (κ3) is 3.22. The molecule has 23 heavy (non-hydrogen) atoms. The molecule has 1 amide bonds. The Bertz CT molecular complexity index is 725. The second-order valence-electron chi connectivity index (χ2n) is 5.93. The summed E-state index contributed by atoms with van der Waals surface area (Å²) >= 11 is 0. The summed E-state index contributed by atoms with van der Waals surface area (Å²) in [4.78, 5) is 25.0. The second-order valence-corrected chi connectivity index (χ2v) is 5.93. The van der Waals surface area contributed by atoms with Gasteiger partial charge in [0.1, 0.15) is 5.58 Å². The van der Waals surface area contributed by atoms with Crippen molar-refractivity contribution in [1.29, 1.82) is 0 Å². The number of carboxylic acids is 1. The number of rotatable bonds is 3. The van der Waals surface area contributed by atoms with Gasteiger partial charge in [0, 0.05) is 18.5 Å². The van der Waals surface area contributed by atoms with E-state index in [0.717, 1.165) is 16.5 Å². The first-order chi connectivity index (χ1) is 10.9. The highest BCUT2D eigenvalue weighted by Crippen LogP contribution is 2.24. The monoisotopic (exact) mass is 317 g/mol. The van der Waals surface area contributed by atoms with E-state index in [1.54, 1.807) is 11.0 Å². The number of ether oxygens (including phenoxy) is 1. The summed E-state index contributed by atoms with van der Waals surface area (Å²) in [6, 6.07) is 5.66. The van der Waals surface area contributed by atoms with Gasteiger partial charge in [0.25, 0.3) is 5.91 Å². The molecular formula is C17H19NO5. The molecular weight excluding hydrogens is 298 g/mol. The van der Waals surface area contributed by atoms with Crippen LogP contribution in [0.4, 0.5) is 0 Å². The molecule has 1 atom stereocenters. The number of nitrogens with zero attached hydrogens (tertiary/aromatic N) is 1. The Kier molecular flexibility index (Phi) is 4.09. The minimum atomic E-state index is -0.931. The SMILES string of the molecule is Cc1cc2cc(C(=O)N3CCOC(CC(=O)O)C3)oc2cc1C. The van der Waals surface area contributed by atoms with Crippen molar-refractivity contribution in [3.05, 3.63) is 35.1 Å². The molecule has 3 rings (SSSR count). The summed E-state index contributed by atoms with van der Waals surface area (Å²) in [7, 11) is 0. The van der Waals surface area contributed by atoms with Gasteiger partial charge in [-0.25, -0.2) is 0 Å². The maximum Gasteiger partial charge on any atom is 0.306 e. The zero-order valence-electron chi connectivity index (χ0n) is 13.2. The molecule has 1 saturated heterocycles. The number of carbonyl (C=O) groups is 2. The molecule has 1 N–H and O–H groups in total. The van der Waals surface area contributed by atoms with Crippen LogP contribution < -0.4 is 0 Å². The van der Waals surface area contributed by atoms with Crippen molar-refractivity contribution < 1.29 is 23.8 Å². The van der Waals surface area contributed by atoms with Gasteiger partial charge >= 0.3 is 5.97 Å². The van der Waals surface area contributed by atoms with Crippen LogP contribution in [-0.4, -0.2) is 47.7 Å². The van der Waals surface area contributed by atoms with Crippen LogP contribution in [0, 0.1) is 13.8 Å². The molecule has 2 heterocycles. The van der Waals surface area contributed by atoms with E-state index in [1.165, 1.54) is 0 Å². The normalized spacial score (nSPS) is 18.3. The average molecular weight is 317 g/mol. The third-order valence-electron chi connectivity index (χ3n) is 4.17. The largest absolute Gasteiger partial charge is 0.481 e. The smallest absolute Gasteiger partial charge is 0.306 e. The Morgan fingerprint density at radius 3 is 2.74 bits per heavy atom. The van der Waals surface area contributed by atoms with Crippen molar-refractivity contribution in [3.8, 4) is 0 Å². The summed E-state index contributed by atoms with van der Waals surface area (Å²) < 4.78 is 11.1. The van der Waals surface area contributed by atoms with E-state index in [2.05, 4.69) is 0 Å². The fraction of sp³-hybridized carbons (Fsp3) is 0.412. The number of hydrogen-bond donors (Lipinski definition) is 1. The van der Waals surface area contributed by atoms with E-state index >= 15 is 0 Å². The lowest BCUT2D eigenvalue weighted by molar-refractivity contribution is -0.141. The zero-order valence-corrected chi connectivity index (χ0v) is 13.2. The number of morpholine rings is 1. The third-order valence-corrected chi connectivity index (χ3v) is 4.17. The molecule has 1 aromatic heterocycles. The standard InChI is InChI=1S/C17H19NO5/c1-10-5-12-7-15(23-14(12)6-11(10)2)17(21)18-3-4-22-13(9-18)8-16(19)20/h5-7,13H,3-4,8-9H2,1-2H3,(H,19,20). The molecule has 1 aromatic carbocycles. The minimum absolute atomic E-state index is 0.109. The number of aryl methyl sites for hydroxylation is 2. The summed E-state index contributed by atoms with van der Waals surface area (Å²) in [5, 5.41) is 9.75. The minimum Gasteiger partial charge on any atom is -0.481 e. The van der Waals surface area contributed by atoms with Crippen LogP contribution in [0.15, 0.2) is 22.6 Å². The summed E-state index contributed by atoms with van der Waals surface area (Å²) in [6.45, 7) is 5.05. The zero-order chi connectivity index (χ0) is 16.6. The first-order valence-electron chi connectivity index (χ1n) is 7.57. The molecule has 1 aliphatic rings. The van der Waals surface area contributed by atoms with Gasteiger partial charge in [0.2, 0.25) is 0 Å². The maximum atomic E-state index is 12.6. The fourth-order valence-electron chi connectivity index (χ4n) is 2.79. The van der Waals surface area contributed by atoms with Gasteiger partial charge in [-0.2, -0.15) is 0 Å². The van der Waals surface area contributed by atoms with Gasteiger partial charge in [0.15, 0.2) is 5.76 Å². The Hall–Kier alpha value is -2.34. The van der Waals surface area contributed by atoms with E-state index in [9.17, 15) is 9.59 Å². The topological polar surface area (TPSA) is 80.0 Å². The van der Waals surface area contributed by atoms with Crippen LogP contribution in [0.2, 0.25) is 0 Å². The van der Waals surface area contributed by atoms with E-state index in [-0.39, 0.29) is 24.6 Å². The van der Waals surface area contributed by atoms with Crippen LogP contribution in [0.5, 0.6) is 0 Å². The number of amides is 1. The van der Waals surface area contributed by atoms with E-state index < -0.39 is 12.1 Å². The summed E-state index contributed by atoms with van der Waals surface area (Å²) in [5.74, 6) is -0.879. The molecule has 122 valence electrons. The number of fused-ring (bicyclic) bond motifs is 1. The van der Waals surface area contributed by atoms with E-state index in [4.69, 9.17) is 14.3 Å². The molecule has 0 radical (unpaired) electrons. The van der Waals surface area contributed by atoms with Gasteiger partial charge in [0.05, 0.1) is 19.1 Å². The Morgan fingerprint density at radius 1 is 1.26 bits per heavy atom. The highest BCUT2D eigenvalue weighted by molar-refractivity contribution is 5.96. The predicted octanol–water partition coefficient (Wildman–Crippen LogP) is 2.37. The molecule has 0 aliphatic carbocycles. The number of furan rings is 1. The van der Waals surface area contributed by atoms with Crippen LogP contribution in [0.1, 0.15) is 28.1 Å². The van der Waals surface area contributed by atoms with Gasteiger partial charge < -0.3 is 19.2 Å². The van der Waals surface area contributed by atoms with Crippen LogP contribution in [-0.2, 0) is 9.53 Å². The van der Waals surface area contributed by atoms with Crippen LogP contribution in [0.25, 0.3) is 11.0 Å². The molecule has 0 saturated carbocycles. The Labute approximate surface area is 133 Å². The van der Waals surface area contributed by atoms with Crippen molar-refractivity contribution in [2.75, 3.05) is 19.7 Å². The van der Waals surface area contributed by atoms with E-state index in [1.807, 2.05) is 26.0 Å². The highest BCUT2D eigenvalue weighted by atomic mass is 16.5. The number of benzene rings is 1. The molecule has 1 fully saturated rings. The molecule has 0 spiro atoms. The summed E-state index contributed by atoms with van der Waals surface area (Å²) in [6.07, 6.45) is -0.582. The molecule has 6 heteroatoms. The second kappa shape index (κ2) is 6.04. The average Bonchev–Trinajstić information content (AvgIpc) is 2.89. The van der Waals surface area contributed by atoms with Crippen molar-refractivity contribution in [3.63, 3.8) is 0 Å². The van der Waals surface area contributed by atoms with Crippen molar-refractivity contribution >= 4 is 22.8 Å². The fourth-order valence-corrected chi connectivity index (χ4v) is 2.79. The Morgan fingerprint density at radius 2 is 2.00 bits per heavy atom. The molecule has 1 unspecified atom stereocenters. The van der Waals surface area contributed by atoms with E-state index in [0.29, 0.717) is 18.7 Å². The lowest BCUT2D eigenvalue weighted by Crippen LogP contribution is -2.46. The molecule has 0 bridgehead atoms. The molecule has 6 nitrogen and oxygen atoms in total. The quantitative estimate of drug-likeness (QED) is 0.940. The van der Waals surface area contributed by atoms with Crippen molar-refractivity contribution in [2.24, 2.45) is 0 Å². The van der Waals surface area contributed by atoms with Gasteiger partial charge in [-0.3, -0.25) is 9.59 Å². The molecule has 1 aliphatic heterocycles. The van der Waals surface area contributed by atoms with Gasteiger partial charge in [-0.05, 0) is 43.2 Å².